The van der Waals surface area contributed by atoms with Crippen LogP contribution < -0.4 is 10.6 Å². The number of aryl methyl sites for hydroxylation is 1. The molecule has 0 aliphatic carbocycles. The van der Waals surface area contributed by atoms with Crippen LogP contribution in [0.1, 0.15) is 24.5 Å². The highest BCUT2D eigenvalue weighted by Crippen LogP contribution is 2.15. The van der Waals surface area contributed by atoms with Crippen LogP contribution in [0.4, 0.5) is 4.39 Å². The molecule has 0 saturated carbocycles. The molecule has 0 amide bonds. The van der Waals surface area contributed by atoms with Crippen LogP contribution in [-0.2, 0) is 13.0 Å². The molecule has 0 aliphatic heterocycles. The summed E-state index contributed by atoms with van der Waals surface area (Å²) in [4.78, 5) is 8.22. The van der Waals surface area contributed by atoms with Crippen molar-refractivity contribution in [1.82, 2.24) is 20.2 Å². The van der Waals surface area contributed by atoms with Crippen LogP contribution in [-0.4, -0.2) is 28.6 Å². The van der Waals surface area contributed by atoms with Gasteiger partial charge in [0.25, 0.3) is 0 Å². The minimum atomic E-state index is -0.281. The minimum absolute atomic E-state index is 0.270. The second-order valence-corrected chi connectivity index (χ2v) is 6.75. The average Bonchev–Trinajstić information content (AvgIpc) is 3.25. The molecule has 0 saturated heterocycles. The number of rotatable bonds is 7. The Labute approximate surface area is 165 Å². The Kier molecular flexibility index (Phi) is 6.78. The van der Waals surface area contributed by atoms with Crippen molar-refractivity contribution in [2.75, 3.05) is 7.05 Å². The number of nitrogens with zero attached hydrogens (tertiary/aromatic N) is 3. The Morgan fingerprint density at radius 2 is 2.00 bits per heavy atom. The van der Waals surface area contributed by atoms with E-state index in [1.165, 1.54) is 11.6 Å². The van der Waals surface area contributed by atoms with E-state index >= 15 is 0 Å². The van der Waals surface area contributed by atoms with E-state index in [2.05, 4.69) is 51.8 Å². The summed E-state index contributed by atoms with van der Waals surface area (Å²) >= 11 is 0. The molecule has 3 aromatic rings. The molecule has 1 atom stereocenters. The van der Waals surface area contributed by atoms with Crippen LogP contribution in [0.2, 0.25) is 0 Å². The fraction of sp³-hybridized carbons (Fsp3) is 0.273. The second-order valence-electron chi connectivity index (χ2n) is 6.75. The van der Waals surface area contributed by atoms with Crippen molar-refractivity contribution < 1.29 is 4.39 Å². The van der Waals surface area contributed by atoms with E-state index in [4.69, 9.17) is 0 Å². The summed E-state index contributed by atoms with van der Waals surface area (Å²) < 4.78 is 16.0. The molecule has 1 unspecified atom stereocenters. The van der Waals surface area contributed by atoms with E-state index in [0.717, 1.165) is 18.4 Å². The predicted octanol–water partition coefficient (Wildman–Crippen LogP) is 3.70. The third-order valence-corrected chi connectivity index (χ3v) is 4.57. The number of halogens is 1. The van der Waals surface area contributed by atoms with E-state index in [1.54, 1.807) is 36.4 Å². The first-order chi connectivity index (χ1) is 13.7. The molecule has 146 valence electrons. The van der Waals surface area contributed by atoms with Gasteiger partial charge in [0, 0.05) is 32.0 Å². The standard InChI is InChI=1S/C22H26FN5/c1-17(8-9-18-6-4-3-5-7-18)27-22(24-2)26-15-19-10-11-21(20(23)14-19)28-13-12-25-16-28/h3-7,10-14,16-17H,8-9,15H2,1-2H3,(H2,24,26,27). The minimum Gasteiger partial charge on any atom is -0.354 e. The van der Waals surface area contributed by atoms with E-state index < -0.39 is 0 Å². The lowest BCUT2D eigenvalue weighted by atomic mass is 10.1. The first kappa shape index (κ1) is 19.6. The number of nitrogens with one attached hydrogen (secondary N) is 2. The number of benzene rings is 2. The number of aromatic nitrogens is 2. The molecule has 0 spiro atoms. The third kappa shape index (κ3) is 5.42. The highest BCUT2D eigenvalue weighted by Gasteiger charge is 2.08. The van der Waals surface area contributed by atoms with E-state index in [1.807, 2.05) is 12.1 Å². The van der Waals surface area contributed by atoms with Crippen molar-refractivity contribution in [2.45, 2.75) is 32.4 Å². The quantitative estimate of drug-likeness (QED) is 0.486. The van der Waals surface area contributed by atoms with Gasteiger partial charge in [0.2, 0.25) is 0 Å². The molecule has 1 heterocycles. The zero-order chi connectivity index (χ0) is 19.8. The van der Waals surface area contributed by atoms with E-state index in [0.29, 0.717) is 18.2 Å². The number of imidazole rings is 1. The lowest BCUT2D eigenvalue weighted by Gasteiger charge is -2.18. The molecule has 2 N–H and O–H groups in total. The van der Waals surface area contributed by atoms with Gasteiger partial charge >= 0.3 is 0 Å². The monoisotopic (exact) mass is 379 g/mol. The van der Waals surface area contributed by atoms with Gasteiger partial charge in [-0.2, -0.15) is 0 Å². The van der Waals surface area contributed by atoms with Crippen molar-refractivity contribution in [2.24, 2.45) is 4.99 Å². The lowest BCUT2D eigenvalue weighted by molar-refractivity contribution is 0.592. The van der Waals surface area contributed by atoms with Gasteiger partial charge < -0.3 is 15.2 Å². The Balaban J connectivity index is 1.50. The molecule has 5 nitrogen and oxygen atoms in total. The predicted molar refractivity (Wildman–Crippen MR) is 111 cm³/mol. The Morgan fingerprint density at radius 1 is 1.18 bits per heavy atom. The van der Waals surface area contributed by atoms with E-state index in [9.17, 15) is 4.39 Å². The van der Waals surface area contributed by atoms with Crippen molar-refractivity contribution >= 4 is 5.96 Å². The van der Waals surface area contributed by atoms with Crippen molar-refractivity contribution in [3.05, 3.63) is 84.2 Å². The SMILES string of the molecule is CN=C(NCc1ccc(-n2ccnc2)c(F)c1)NC(C)CCc1ccccc1. The molecule has 3 rings (SSSR count). The van der Waals surface area contributed by atoms with Crippen LogP contribution in [0.5, 0.6) is 0 Å². The van der Waals surface area contributed by atoms with Crippen molar-refractivity contribution in [1.29, 1.82) is 0 Å². The summed E-state index contributed by atoms with van der Waals surface area (Å²) in [5.41, 5.74) is 2.66. The molecule has 0 fully saturated rings. The topological polar surface area (TPSA) is 54.2 Å². The fourth-order valence-electron chi connectivity index (χ4n) is 2.99. The van der Waals surface area contributed by atoms with Gasteiger partial charge in [-0.15, -0.1) is 0 Å². The highest BCUT2D eigenvalue weighted by molar-refractivity contribution is 5.79. The molecule has 6 heteroatoms. The summed E-state index contributed by atoms with van der Waals surface area (Å²) in [6.07, 6.45) is 6.94. The Morgan fingerprint density at radius 3 is 2.68 bits per heavy atom. The highest BCUT2D eigenvalue weighted by atomic mass is 19.1. The van der Waals surface area contributed by atoms with E-state index in [-0.39, 0.29) is 11.9 Å². The van der Waals surface area contributed by atoms with Crippen LogP contribution in [0.25, 0.3) is 5.69 Å². The third-order valence-electron chi connectivity index (χ3n) is 4.57. The van der Waals surface area contributed by atoms with Gasteiger partial charge in [0.15, 0.2) is 5.96 Å². The van der Waals surface area contributed by atoms with Gasteiger partial charge in [0.05, 0.1) is 12.0 Å². The zero-order valence-electron chi connectivity index (χ0n) is 16.3. The van der Waals surface area contributed by atoms with Gasteiger partial charge in [-0.3, -0.25) is 4.99 Å². The lowest BCUT2D eigenvalue weighted by Crippen LogP contribution is -2.42. The molecule has 2 aromatic carbocycles. The van der Waals surface area contributed by atoms with Crippen LogP contribution >= 0.6 is 0 Å². The first-order valence-electron chi connectivity index (χ1n) is 9.43. The summed E-state index contributed by atoms with van der Waals surface area (Å²) in [7, 11) is 1.74. The fourth-order valence-corrected chi connectivity index (χ4v) is 2.99. The Bertz CT molecular complexity index is 891. The number of hydrogen-bond donors (Lipinski definition) is 2. The molecule has 28 heavy (non-hydrogen) atoms. The summed E-state index contributed by atoms with van der Waals surface area (Å²) in [5, 5.41) is 6.64. The number of guanidine groups is 1. The first-order valence-corrected chi connectivity index (χ1v) is 9.43. The molecule has 1 aromatic heterocycles. The maximum atomic E-state index is 14.4. The molecule has 0 bridgehead atoms. The maximum Gasteiger partial charge on any atom is 0.191 e. The number of hydrogen-bond acceptors (Lipinski definition) is 2. The maximum absolute atomic E-state index is 14.4. The molecule has 0 radical (unpaired) electrons. The van der Waals surface area contributed by atoms with Crippen molar-refractivity contribution in [3.8, 4) is 5.69 Å². The molecular formula is C22H26FN5. The van der Waals surface area contributed by atoms with Gasteiger partial charge in [-0.05, 0) is 43.0 Å². The average molecular weight is 379 g/mol. The summed E-state index contributed by atoms with van der Waals surface area (Å²) in [6, 6.07) is 15.9. The Hall–Kier alpha value is -3.15. The van der Waals surface area contributed by atoms with Gasteiger partial charge in [0.1, 0.15) is 5.82 Å². The summed E-state index contributed by atoms with van der Waals surface area (Å²) in [5.74, 6) is 0.427. The molecular weight excluding hydrogens is 353 g/mol. The molecule has 0 aliphatic rings. The zero-order valence-corrected chi connectivity index (χ0v) is 16.3. The summed E-state index contributed by atoms with van der Waals surface area (Å²) in [6.45, 7) is 2.63. The van der Waals surface area contributed by atoms with Crippen LogP contribution in [0.3, 0.4) is 0 Å². The van der Waals surface area contributed by atoms with Gasteiger partial charge in [-0.1, -0.05) is 36.4 Å². The smallest absolute Gasteiger partial charge is 0.191 e. The normalized spacial score (nSPS) is 12.6. The number of aliphatic imine (C=N–C) groups is 1. The van der Waals surface area contributed by atoms with Crippen molar-refractivity contribution in [3.63, 3.8) is 0 Å². The van der Waals surface area contributed by atoms with Gasteiger partial charge in [-0.25, -0.2) is 9.37 Å². The largest absolute Gasteiger partial charge is 0.354 e. The van der Waals surface area contributed by atoms with Crippen LogP contribution in [0, 0.1) is 5.82 Å². The van der Waals surface area contributed by atoms with Crippen LogP contribution in [0.15, 0.2) is 72.2 Å². The second kappa shape index (κ2) is 9.69.